The van der Waals surface area contributed by atoms with Crippen molar-refractivity contribution in [1.29, 1.82) is 0 Å². The van der Waals surface area contributed by atoms with E-state index in [1.54, 1.807) is 0 Å². The quantitative estimate of drug-likeness (QED) is 0.568. The van der Waals surface area contributed by atoms with Gasteiger partial charge in [0.15, 0.2) is 11.8 Å². The summed E-state index contributed by atoms with van der Waals surface area (Å²) in [5.41, 5.74) is 14.3. The third-order valence-corrected chi connectivity index (χ3v) is 3.98. The fourth-order valence-electron chi connectivity index (χ4n) is 2.93. The number of aromatic nitrogens is 2. The van der Waals surface area contributed by atoms with E-state index in [1.807, 2.05) is 36.4 Å². The van der Waals surface area contributed by atoms with Crippen LogP contribution in [0.3, 0.4) is 0 Å². The topological polar surface area (TPSA) is 99.4 Å². The number of rotatable bonds is 3. The SMILES string of the molecule is NC(N)=Nc1nc(Cc2ccc3c(c2)CCO3)nc2ccccc12. The van der Waals surface area contributed by atoms with Gasteiger partial charge in [-0.2, -0.15) is 4.99 Å². The highest BCUT2D eigenvalue weighted by atomic mass is 16.5. The van der Waals surface area contributed by atoms with Crippen molar-refractivity contribution in [2.45, 2.75) is 12.8 Å². The van der Waals surface area contributed by atoms with Gasteiger partial charge >= 0.3 is 0 Å². The van der Waals surface area contributed by atoms with Gasteiger partial charge in [-0.3, -0.25) is 0 Å². The van der Waals surface area contributed by atoms with Gasteiger partial charge in [0.25, 0.3) is 0 Å². The molecule has 0 atom stereocenters. The maximum Gasteiger partial charge on any atom is 0.192 e. The molecule has 1 aromatic heterocycles. The average Bonchev–Trinajstić information content (AvgIpc) is 3.02. The molecule has 0 saturated heterocycles. The van der Waals surface area contributed by atoms with Gasteiger partial charge in [-0.15, -0.1) is 0 Å². The van der Waals surface area contributed by atoms with Crippen molar-refractivity contribution in [3.05, 3.63) is 59.4 Å². The first kappa shape index (κ1) is 14.4. The van der Waals surface area contributed by atoms with Crippen LogP contribution in [-0.4, -0.2) is 22.5 Å². The van der Waals surface area contributed by atoms with Crippen molar-refractivity contribution in [3.63, 3.8) is 0 Å². The van der Waals surface area contributed by atoms with Crippen LogP contribution in [0.25, 0.3) is 10.9 Å². The summed E-state index contributed by atoms with van der Waals surface area (Å²) in [5.74, 6) is 2.14. The zero-order valence-electron chi connectivity index (χ0n) is 13.1. The summed E-state index contributed by atoms with van der Waals surface area (Å²) in [4.78, 5) is 13.3. The average molecular weight is 319 g/mol. The molecule has 1 aliphatic heterocycles. The van der Waals surface area contributed by atoms with Crippen LogP contribution >= 0.6 is 0 Å². The largest absolute Gasteiger partial charge is 0.493 e. The number of nitrogens with two attached hydrogens (primary N) is 2. The van der Waals surface area contributed by atoms with Crippen LogP contribution in [0.4, 0.5) is 5.82 Å². The molecule has 4 rings (SSSR count). The highest BCUT2D eigenvalue weighted by Gasteiger charge is 2.13. The predicted octanol–water partition coefficient (Wildman–Crippen LogP) is 2.06. The molecule has 0 spiro atoms. The first-order valence-electron chi connectivity index (χ1n) is 7.79. The summed E-state index contributed by atoms with van der Waals surface area (Å²) in [6, 6.07) is 13.9. The molecule has 24 heavy (non-hydrogen) atoms. The lowest BCUT2D eigenvalue weighted by Crippen LogP contribution is -2.22. The minimum atomic E-state index is -0.0144. The molecular weight excluding hydrogens is 302 g/mol. The van der Waals surface area contributed by atoms with Gasteiger partial charge in [-0.1, -0.05) is 24.3 Å². The van der Waals surface area contributed by atoms with Gasteiger partial charge in [0.2, 0.25) is 0 Å². The highest BCUT2D eigenvalue weighted by molar-refractivity contribution is 5.91. The summed E-state index contributed by atoms with van der Waals surface area (Å²) >= 11 is 0. The third-order valence-electron chi connectivity index (χ3n) is 3.98. The summed E-state index contributed by atoms with van der Waals surface area (Å²) in [6.45, 7) is 0.750. The lowest BCUT2D eigenvalue weighted by atomic mass is 10.1. The molecule has 0 unspecified atom stereocenters. The van der Waals surface area contributed by atoms with Gasteiger partial charge in [-0.25, -0.2) is 9.97 Å². The number of aliphatic imine (C=N–C) groups is 1. The van der Waals surface area contributed by atoms with Gasteiger partial charge in [-0.05, 0) is 29.3 Å². The number of nitrogens with zero attached hydrogens (tertiary/aromatic N) is 3. The maximum absolute atomic E-state index is 5.55. The van der Waals surface area contributed by atoms with Crippen LogP contribution < -0.4 is 16.2 Å². The van der Waals surface area contributed by atoms with Gasteiger partial charge in [0.05, 0.1) is 12.1 Å². The zero-order valence-corrected chi connectivity index (χ0v) is 13.1. The summed E-state index contributed by atoms with van der Waals surface area (Å²) in [6.07, 6.45) is 1.56. The van der Waals surface area contributed by atoms with Crippen LogP contribution in [0, 0.1) is 0 Å². The second kappa shape index (κ2) is 5.81. The van der Waals surface area contributed by atoms with E-state index in [0.717, 1.165) is 35.2 Å². The highest BCUT2D eigenvalue weighted by Crippen LogP contribution is 2.27. The minimum Gasteiger partial charge on any atom is -0.493 e. The standard InChI is InChI=1S/C18H17N5O/c19-18(20)23-17-13-3-1-2-4-14(13)21-16(22-17)10-11-5-6-15-12(9-11)7-8-24-15/h1-6,9H,7-8,10H2,(H4,19,20,21,22,23). The molecule has 2 heterocycles. The van der Waals surface area contributed by atoms with E-state index in [0.29, 0.717) is 18.1 Å². The Morgan fingerprint density at radius 2 is 2.00 bits per heavy atom. The Balaban J connectivity index is 1.75. The smallest absolute Gasteiger partial charge is 0.192 e. The zero-order chi connectivity index (χ0) is 16.5. The van der Waals surface area contributed by atoms with E-state index >= 15 is 0 Å². The van der Waals surface area contributed by atoms with E-state index in [1.165, 1.54) is 5.56 Å². The number of ether oxygens (including phenoxy) is 1. The summed E-state index contributed by atoms with van der Waals surface area (Å²) < 4.78 is 5.55. The summed E-state index contributed by atoms with van der Waals surface area (Å²) in [7, 11) is 0. The third kappa shape index (κ3) is 2.74. The Morgan fingerprint density at radius 1 is 1.12 bits per heavy atom. The second-order valence-electron chi connectivity index (χ2n) is 5.73. The number of guanidine groups is 1. The molecule has 3 aromatic rings. The van der Waals surface area contributed by atoms with E-state index < -0.39 is 0 Å². The minimum absolute atomic E-state index is 0.0144. The molecular formula is C18H17N5O. The maximum atomic E-state index is 5.55. The van der Waals surface area contributed by atoms with Crippen molar-refractivity contribution in [3.8, 4) is 5.75 Å². The molecule has 0 aliphatic carbocycles. The van der Waals surface area contributed by atoms with Crippen molar-refractivity contribution in [2.24, 2.45) is 16.5 Å². The molecule has 2 aromatic carbocycles. The Labute approximate surface area is 139 Å². The molecule has 6 heteroatoms. The number of hydrogen-bond acceptors (Lipinski definition) is 4. The number of hydrogen-bond donors (Lipinski definition) is 2. The lowest BCUT2D eigenvalue weighted by molar-refractivity contribution is 0.357. The van der Waals surface area contributed by atoms with Crippen LogP contribution in [0.2, 0.25) is 0 Å². The van der Waals surface area contributed by atoms with E-state index in [9.17, 15) is 0 Å². The lowest BCUT2D eigenvalue weighted by Gasteiger charge is -2.07. The van der Waals surface area contributed by atoms with Gasteiger partial charge in [0, 0.05) is 18.2 Å². The van der Waals surface area contributed by atoms with Gasteiger partial charge in [0.1, 0.15) is 11.6 Å². The van der Waals surface area contributed by atoms with E-state index in [-0.39, 0.29) is 5.96 Å². The van der Waals surface area contributed by atoms with Crippen LogP contribution in [0.1, 0.15) is 17.0 Å². The number of benzene rings is 2. The molecule has 0 fully saturated rings. The van der Waals surface area contributed by atoms with Crippen molar-refractivity contribution in [2.75, 3.05) is 6.61 Å². The molecule has 120 valence electrons. The number of para-hydroxylation sites is 1. The molecule has 4 N–H and O–H groups in total. The first-order valence-corrected chi connectivity index (χ1v) is 7.79. The Bertz CT molecular complexity index is 947. The molecule has 0 radical (unpaired) electrons. The molecule has 0 saturated carbocycles. The van der Waals surface area contributed by atoms with Crippen molar-refractivity contribution in [1.82, 2.24) is 9.97 Å². The van der Waals surface area contributed by atoms with Crippen LogP contribution in [0.15, 0.2) is 47.5 Å². The van der Waals surface area contributed by atoms with Crippen molar-refractivity contribution < 1.29 is 4.74 Å². The Hall–Kier alpha value is -3.15. The van der Waals surface area contributed by atoms with E-state index in [4.69, 9.17) is 16.2 Å². The fraction of sp³-hybridized carbons (Fsp3) is 0.167. The van der Waals surface area contributed by atoms with Crippen LogP contribution in [-0.2, 0) is 12.8 Å². The molecule has 6 nitrogen and oxygen atoms in total. The Morgan fingerprint density at radius 3 is 2.88 bits per heavy atom. The second-order valence-corrected chi connectivity index (χ2v) is 5.73. The number of fused-ring (bicyclic) bond motifs is 2. The van der Waals surface area contributed by atoms with Gasteiger partial charge < -0.3 is 16.2 Å². The van der Waals surface area contributed by atoms with Crippen molar-refractivity contribution >= 4 is 22.7 Å². The Kier molecular flexibility index (Phi) is 3.49. The molecule has 1 aliphatic rings. The normalized spacial score (nSPS) is 12.7. The van der Waals surface area contributed by atoms with E-state index in [2.05, 4.69) is 21.0 Å². The molecule has 0 bridgehead atoms. The van der Waals surface area contributed by atoms with Crippen LogP contribution in [0.5, 0.6) is 5.75 Å². The predicted molar refractivity (Wildman–Crippen MR) is 93.5 cm³/mol. The summed E-state index contributed by atoms with van der Waals surface area (Å²) in [5, 5.41) is 0.831. The monoisotopic (exact) mass is 319 g/mol. The molecule has 0 amide bonds. The fourth-order valence-corrected chi connectivity index (χ4v) is 2.93. The first-order chi connectivity index (χ1) is 11.7.